The quantitative estimate of drug-likeness (QED) is 0.420. The van der Waals surface area contributed by atoms with Gasteiger partial charge in [-0.25, -0.2) is 0 Å². The van der Waals surface area contributed by atoms with Crippen LogP contribution in [-0.4, -0.2) is 11.1 Å². The molecule has 0 amide bonds. The number of hydrogen-bond donors (Lipinski definition) is 1. The Morgan fingerprint density at radius 2 is 2.17 bits per heavy atom. The van der Waals surface area contributed by atoms with Crippen LogP contribution in [-0.2, 0) is 6.42 Å². The van der Waals surface area contributed by atoms with Crippen LogP contribution < -0.4 is 0 Å². The number of nitro benzene ring substituents is 1. The molecule has 4 heteroatoms. The van der Waals surface area contributed by atoms with Crippen molar-refractivity contribution in [3.8, 4) is 0 Å². The molecule has 0 radical (unpaired) electrons. The third-order valence-corrected chi connectivity index (χ3v) is 1.51. The number of hydrogen-bond acceptors (Lipinski definition) is 3. The molecular weight excluding hydrogens is 156 g/mol. The van der Waals surface area contributed by atoms with Gasteiger partial charge in [-0.15, -0.1) is 0 Å². The van der Waals surface area contributed by atoms with Crippen molar-refractivity contribution in [2.24, 2.45) is 0 Å². The standard InChI is InChI=1S/C8H8N2O2/c9-6-5-7-3-1-2-4-8(7)10(11)12/h1-4,6,9H,5H2. The maximum Gasteiger partial charge on any atom is 0.272 e. The van der Waals surface area contributed by atoms with Gasteiger partial charge in [-0.1, -0.05) is 18.2 Å². The minimum atomic E-state index is -0.432. The zero-order chi connectivity index (χ0) is 8.97. The predicted molar refractivity (Wildman–Crippen MR) is 45.6 cm³/mol. The first-order valence-corrected chi connectivity index (χ1v) is 3.47. The van der Waals surface area contributed by atoms with Crippen molar-refractivity contribution in [3.63, 3.8) is 0 Å². The van der Waals surface area contributed by atoms with Gasteiger partial charge in [0.1, 0.15) is 0 Å². The fourth-order valence-electron chi connectivity index (χ4n) is 0.972. The fraction of sp³-hybridized carbons (Fsp3) is 0.125. The van der Waals surface area contributed by atoms with Crippen molar-refractivity contribution in [3.05, 3.63) is 39.9 Å². The van der Waals surface area contributed by atoms with E-state index in [9.17, 15) is 10.1 Å². The zero-order valence-electron chi connectivity index (χ0n) is 6.36. The van der Waals surface area contributed by atoms with Gasteiger partial charge in [-0.2, -0.15) is 0 Å². The summed E-state index contributed by atoms with van der Waals surface area (Å²) in [6.45, 7) is 0. The van der Waals surface area contributed by atoms with Crippen molar-refractivity contribution < 1.29 is 4.92 Å². The molecule has 0 aliphatic carbocycles. The third-order valence-electron chi connectivity index (χ3n) is 1.51. The predicted octanol–water partition coefficient (Wildman–Crippen LogP) is 1.79. The lowest BCUT2D eigenvalue weighted by Gasteiger charge is -1.96. The highest BCUT2D eigenvalue weighted by Gasteiger charge is 2.09. The summed E-state index contributed by atoms with van der Waals surface area (Å²) in [4.78, 5) is 10.00. The van der Waals surface area contributed by atoms with E-state index in [-0.39, 0.29) is 5.69 Å². The van der Waals surface area contributed by atoms with Crippen LogP contribution in [0.5, 0.6) is 0 Å². The van der Waals surface area contributed by atoms with E-state index in [0.29, 0.717) is 12.0 Å². The second-order valence-electron chi connectivity index (χ2n) is 2.29. The first kappa shape index (κ1) is 8.39. The van der Waals surface area contributed by atoms with Crippen LogP contribution in [0, 0.1) is 15.5 Å². The van der Waals surface area contributed by atoms with Gasteiger partial charge in [0.25, 0.3) is 5.69 Å². The molecule has 1 N–H and O–H groups in total. The Morgan fingerprint density at radius 3 is 2.75 bits per heavy atom. The average molecular weight is 164 g/mol. The summed E-state index contributed by atoms with van der Waals surface area (Å²) in [6.07, 6.45) is 1.47. The first-order chi connectivity index (χ1) is 5.75. The largest absolute Gasteiger partial charge is 0.313 e. The minimum absolute atomic E-state index is 0.0843. The van der Waals surface area contributed by atoms with Gasteiger partial charge in [-0.05, 0) is 6.21 Å². The molecule has 0 atom stereocenters. The van der Waals surface area contributed by atoms with E-state index in [1.54, 1.807) is 18.2 Å². The Kier molecular flexibility index (Phi) is 2.53. The van der Waals surface area contributed by atoms with Gasteiger partial charge in [0, 0.05) is 18.1 Å². The highest BCUT2D eigenvalue weighted by Crippen LogP contribution is 2.16. The van der Waals surface area contributed by atoms with E-state index in [0.717, 1.165) is 6.21 Å². The van der Waals surface area contributed by atoms with Crippen molar-refractivity contribution in [1.82, 2.24) is 0 Å². The van der Waals surface area contributed by atoms with E-state index >= 15 is 0 Å². The summed E-state index contributed by atoms with van der Waals surface area (Å²) in [5, 5.41) is 17.3. The second kappa shape index (κ2) is 3.61. The molecule has 0 saturated carbocycles. The van der Waals surface area contributed by atoms with Gasteiger partial charge in [0.15, 0.2) is 0 Å². The number of nitro groups is 1. The zero-order valence-corrected chi connectivity index (χ0v) is 6.36. The lowest BCUT2D eigenvalue weighted by Crippen LogP contribution is -1.95. The van der Waals surface area contributed by atoms with Crippen LogP contribution in [0.1, 0.15) is 5.56 Å². The molecule has 0 heterocycles. The molecule has 4 nitrogen and oxygen atoms in total. The van der Waals surface area contributed by atoms with Gasteiger partial charge in [-0.3, -0.25) is 10.1 Å². The van der Waals surface area contributed by atoms with Crippen molar-refractivity contribution in [1.29, 1.82) is 5.41 Å². The molecule has 0 bridgehead atoms. The van der Waals surface area contributed by atoms with Gasteiger partial charge in [0.2, 0.25) is 0 Å². The van der Waals surface area contributed by atoms with E-state index in [2.05, 4.69) is 0 Å². The molecule has 12 heavy (non-hydrogen) atoms. The van der Waals surface area contributed by atoms with E-state index in [1.807, 2.05) is 0 Å². The summed E-state index contributed by atoms with van der Waals surface area (Å²) in [7, 11) is 0. The highest BCUT2D eigenvalue weighted by atomic mass is 16.6. The van der Waals surface area contributed by atoms with Crippen molar-refractivity contribution >= 4 is 11.9 Å². The Hall–Kier alpha value is -1.71. The summed E-state index contributed by atoms with van der Waals surface area (Å²) >= 11 is 0. The number of rotatable bonds is 3. The Morgan fingerprint density at radius 1 is 1.50 bits per heavy atom. The van der Waals surface area contributed by atoms with Crippen LogP contribution >= 0.6 is 0 Å². The molecule has 0 fully saturated rings. The Labute approximate surface area is 69.5 Å². The molecule has 0 aliphatic heterocycles. The normalized spacial score (nSPS) is 9.33. The van der Waals surface area contributed by atoms with E-state index < -0.39 is 4.92 Å². The number of benzene rings is 1. The summed E-state index contributed by atoms with van der Waals surface area (Å²) in [5.74, 6) is 0. The monoisotopic (exact) mass is 164 g/mol. The van der Waals surface area contributed by atoms with E-state index in [1.165, 1.54) is 6.07 Å². The van der Waals surface area contributed by atoms with Gasteiger partial charge < -0.3 is 5.41 Å². The van der Waals surface area contributed by atoms with Crippen LogP contribution in [0.25, 0.3) is 0 Å². The molecule has 0 saturated heterocycles. The Balaban J connectivity index is 3.07. The molecule has 1 rings (SSSR count). The molecule has 0 unspecified atom stereocenters. The molecular formula is C8H8N2O2. The van der Waals surface area contributed by atoms with Crippen molar-refractivity contribution in [2.45, 2.75) is 6.42 Å². The van der Waals surface area contributed by atoms with E-state index in [4.69, 9.17) is 5.41 Å². The molecule has 0 spiro atoms. The topological polar surface area (TPSA) is 67.0 Å². The molecule has 0 aliphatic rings. The summed E-state index contributed by atoms with van der Waals surface area (Å²) in [5.41, 5.74) is 0.665. The smallest absolute Gasteiger partial charge is 0.272 e. The summed E-state index contributed by atoms with van der Waals surface area (Å²) < 4.78 is 0. The molecule has 62 valence electrons. The molecule has 1 aromatic rings. The minimum Gasteiger partial charge on any atom is -0.313 e. The number of nitrogens with zero attached hydrogens (tertiary/aromatic N) is 1. The lowest BCUT2D eigenvalue weighted by atomic mass is 10.1. The highest BCUT2D eigenvalue weighted by molar-refractivity contribution is 5.61. The SMILES string of the molecule is N=CCc1ccccc1[N+](=O)[O-]. The maximum absolute atomic E-state index is 10.4. The molecule has 0 aromatic heterocycles. The van der Waals surface area contributed by atoms with Crippen LogP contribution in [0.15, 0.2) is 24.3 Å². The molecule has 1 aromatic carbocycles. The fourth-order valence-corrected chi connectivity index (χ4v) is 0.972. The van der Waals surface area contributed by atoms with Crippen molar-refractivity contribution in [2.75, 3.05) is 0 Å². The average Bonchev–Trinajstić information content (AvgIpc) is 2.05. The summed E-state index contributed by atoms with van der Waals surface area (Å²) in [6, 6.07) is 6.44. The Bertz CT molecular complexity index is 310. The van der Waals surface area contributed by atoms with Crippen LogP contribution in [0.3, 0.4) is 0 Å². The lowest BCUT2D eigenvalue weighted by molar-refractivity contribution is -0.385. The van der Waals surface area contributed by atoms with Gasteiger partial charge in [0.05, 0.1) is 4.92 Å². The maximum atomic E-state index is 10.4. The first-order valence-electron chi connectivity index (χ1n) is 3.47. The van der Waals surface area contributed by atoms with Gasteiger partial charge >= 0.3 is 0 Å². The number of nitrogens with one attached hydrogen (secondary N) is 1. The third kappa shape index (κ3) is 1.66. The van der Waals surface area contributed by atoms with Crippen LogP contribution in [0.2, 0.25) is 0 Å². The second-order valence-corrected chi connectivity index (χ2v) is 2.29. The van der Waals surface area contributed by atoms with Crippen LogP contribution in [0.4, 0.5) is 5.69 Å². The number of para-hydroxylation sites is 1.